The van der Waals surface area contributed by atoms with Gasteiger partial charge in [-0.15, -0.1) is 0 Å². The number of ketones is 2. The molecule has 2 fully saturated rings. The van der Waals surface area contributed by atoms with Gasteiger partial charge in [-0.05, 0) is 40.9 Å². The van der Waals surface area contributed by atoms with Gasteiger partial charge in [-0.1, -0.05) is 54.5 Å². The molecule has 0 aromatic heterocycles. The number of phenolic OH excluding ortho intramolecular Hbond substituents is 1. The van der Waals surface area contributed by atoms with Crippen LogP contribution in [0.15, 0.2) is 12.1 Å². The van der Waals surface area contributed by atoms with Crippen LogP contribution in [0, 0.1) is 34.5 Å². The molecule has 0 aliphatic heterocycles. The lowest BCUT2D eigenvalue weighted by Crippen LogP contribution is -2.83. The molecule has 7 N–H and O–H groups in total. The lowest BCUT2D eigenvalue weighted by Gasteiger charge is -2.69. The van der Waals surface area contributed by atoms with Gasteiger partial charge in [0.2, 0.25) is 5.91 Å². The van der Waals surface area contributed by atoms with Gasteiger partial charge >= 0.3 is 0 Å². The molecule has 2 saturated carbocycles. The zero-order valence-corrected chi connectivity index (χ0v) is 22.4. The molecule has 9 nitrogen and oxygen atoms in total. The molecule has 4 rings (SSSR count). The van der Waals surface area contributed by atoms with E-state index in [4.69, 9.17) is 5.73 Å². The Labute approximate surface area is 216 Å². The summed E-state index contributed by atoms with van der Waals surface area (Å²) >= 11 is 0. The number of Topliss-reactive ketones (excluding diaryl/α,β-unsaturated/α-hetero) is 2. The van der Waals surface area contributed by atoms with Crippen molar-refractivity contribution >= 4 is 17.5 Å². The minimum atomic E-state index is -2.78. The molecule has 0 radical (unpaired) electrons. The van der Waals surface area contributed by atoms with Gasteiger partial charge < -0.3 is 31.3 Å². The van der Waals surface area contributed by atoms with Gasteiger partial charge in [0.1, 0.15) is 17.8 Å². The summed E-state index contributed by atoms with van der Waals surface area (Å²) in [6, 6.07) is 3.14. The number of phenols is 1. The highest BCUT2D eigenvalue weighted by atomic mass is 16.4. The first-order valence-electron chi connectivity index (χ1n) is 12.9. The van der Waals surface area contributed by atoms with E-state index in [1.807, 2.05) is 13.8 Å². The first kappa shape index (κ1) is 27.7. The van der Waals surface area contributed by atoms with E-state index in [2.05, 4.69) is 0 Å². The van der Waals surface area contributed by atoms with Crippen molar-refractivity contribution in [3.63, 3.8) is 0 Å². The quantitative estimate of drug-likeness (QED) is 0.324. The van der Waals surface area contributed by atoms with Crippen LogP contribution in [0.3, 0.4) is 0 Å². The van der Waals surface area contributed by atoms with Crippen molar-refractivity contribution in [1.29, 1.82) is 0 Å². The SMILES string of the molecule is CC(C)c1ccc(O)c2c1[C@@H](C)[C@@]1(C)[C@H](C2=O)C(O)[C@@]2(O)C(=O)[C@H](C(N)=O)C(O)[C@H](C(C)C)[C@@]2(C)[C@@H]1O. The maximum absolute atomic E-state index is 14.1. The maximum atomic E-state index is 14.1. The van der Waals surface area contributed by atoms with Crippen LogP contribution in [0.2, 0.25) is 0 Å². The summed E-state index contributed by atoms with van der Waals surface area (Å²) in [6.45, 7) is 12.2. The molecule has 0 bridgehead atoms. The third-order valence-electron chi connectivity index (χ3n) is 10.3. The largest absolute Gasteiger partial charge is 0.507 e. The van der Waals surface area contributed by atoms with E-state index >= 15 is 0 Å². The zero-order chi connectivity index (χ0) is 28.2. The summed E-state index contributed by atoms with van der Waals surface area (Å²) in [4.78, 5) is 40.1. The topological polar surface area (TPSA) is 178 Å². The number of fused-ring (bicyclic) bond motifs is 3. The number of rotatable bonds is 3. The lowest BCUT2D eigenvalue weighted by molar-refractivity contribution is -0.306. The van der Waals surface area contributed by atoms with Crippen molar-refractivity contribution in [2.24, 2.45) is 40.2 Å². The maximum Gasteiger partial charge on any atom is 0.230 e. The molecule has 1 aromatic rings. The molecular formula is C28H39NO8. The normalized spacial score (nSPS) is 43.4. The van der Waals surface area contributed by atoms with Crippen molar-refractivity contribution in [2.75, 3.05) is 0 Å². The third kappa shape index (κ3) is 3.02. The number of primary amides is 1. The van der Waals surface area contributed by atoms with Gasteiger partial charge in [0.25, 0.3) is 0 Å². The second-order valence-electron chi connectivity index (χ2n) is 12.4. The van der Waals surface area contributed by atoms with Gasteiger partial charge in [-0.3, -0.25) is 14.4 Å². The number of hydrogen-bond acceptors (Lipinski definition) is 8. The van der Waals surface area contributed by atoms with Crippen LogP contribution in [-0.2, 0) is 9.59 Å². The minimum absolute atomic E-state index is 0.00483. The number of carbonyl (C=O) groups is 3. The first-order valence-corrected chi connectivity index (χ1v) is 12.9. The number of carbonyl (C=O) groups excluding carboxylic acids is 3. The Kier molecular flexibility index (Phi) is 6.24. The average molecular weight is 518 g/mol. The molecule has 2 unspecified atom stereocenters. The van der Waals surface area contributed by atoms with Crippen LogP contribution in [-0.4, -0.2) is 66.9 Å². The van der Waals surface area contributed by atoms with Crippen molar-refractivity contribution < 1.29 is 39.9 Å². The number of amides is 1. The summed E-state index contributed by atoms with van der Waals surface area (Å²) in [6.07, 6.45) is -5.23. The Hall–Kier alpha value is -2.33. The highest BCUT2D eigenvalue weighted by molar-refractivity contribution is 6.09. The number of aromatic hydroxyl groups is 1. The van der Waals surface area contributed by atoms with E-state index in [9.17, 15) is 39.9 Å². The summed E-state index contributed by atoms with van der Waals surface area (Å²) in [5, 5.41) is 58.2. The van der Waals surface area contributed by atoms with Gasteiger partial charge in [0.05, 0.1) is 23.7 Å². The molecule has 204 valence electrons. The first-order chi connectivity index (χ1) is 16.9. The molecule has 37 heavy (non-hydrogen) atoms. The van der Waals surface area contributed by atoms with Gasteiger partial charge in [0.15, 0.2) is 17.2 Å². The lowest BCUT2D eigenvalue weighted by atomic mass is 9.36. The van der Waals surface area contributed by atoms with Gasteiger partial charge in [-0.25, -0.2) is 0 Å². The Morgan fingerprint density at radius 2 is 1.62 bits per heavy atom. The zero-order valence-electron chi connectivity index (χ0n) is 22.4. The molecular weight excluding hydrogens is 478 g/mol. The molecule has 1 amide bonds. The molecule has 0 spiro atoms. The van der Waals surface area contributed by atoms with E-state index in [0.29, 0.717) is 5.56 Å². The van der Waals surface area contributed by atoms with E-state index in [-0.39, 0.29) is 17.2 Å². The molecule has 0 heterocycles. The fourth-order valence-electron chi connectivity index (χ4n) is 8.36. The smallest absolute Gasteiger partial charge is 0.230 e. The van der Waals surface area contributed by atoms with Crippen LogP contribution >= 0.6 is 0 Å². The standard InChI is InChI=1S/C28H39NO8/c1-10(2)13-8-9-14(30)16-15(13)12(5)26(6)19(20(16)31)23(34)28(37)22(33)17(24(29)35)21(32)18(11(3)4)27(28,7)25(26)36/h8-12,17-19,21,23,25,30,32,34,36-37H,1-7H3,(H2,29,35)/t12-,17-,18+,19-,21?,23?,25-,26+,27+,28+/m1/s1. The van der Waals surface area contributed by atoms with Crippen LogP contribution in [0.1, 0.15) is 81.8 Å². The Balaban J connectivity index is 2.08. The third-order valence-corrected chi connectivity index (χ3v) is 10.3. The van der Waals surface area contributed by atoms with Crippen molar-refractivity contribution in [2.45, 2.75) is 84.2 Å². The van der Waals surface area contributed by atoms with Crippen LogP contribution < -0.4 is 5.73 Å². The Morgan fingerprint density at radius 1 is 1.05 bits per heavy atom. The average Bonchev–Trinajstić information content (AvgIpc) is 2.78. The summed E-state index contributed by atoms with van der Waals surface area (Å²) in [5.41, 5.74) is 0.789. The van der Waals surface area contributed by atoms with E-state index in [1.54, 1.807) is 33.8 Å². The summed E-state index contributed by atoms with van der Waals surface area (Å²) < 4.78 is 0. The molecule has 0 saturated heterocycles. The van der Waals surface area contributed by atoms with Crippen LogP contribution in [0.4, 0.5) is 0 Å². The molecule has 9 heteroatoms. The van der Waals surface area contributed by atoms with Crippen LogP contribution in [0.5, 0.6) is 5.75 Å². The molecule has 10 atom stereocenters. The predicted molar refractivity (Wildman–Crippen MR) is 134 cm³/mol. The van der Waals surface area contributed by atoms with E-state index < -0.39 is 81.8 Å². The number of aliphatic hydroxyl groups is 4. The van der Waals surface area contributed by atoms with Gasteiger partial charge in [0, 0.05) is 10.8 Å². The van der Waals surface area contributed by atoms with Crippen molar-refractivity contribution in [3.8, 4) is 5.75 Å². The Bertz CT molecular complexity index is 1180. The second-order valence-corrected chi connectivity index (χ2v) is 12.4. The highest BCUT2D eigenvalue weighted by Crippen LogP contribution is 2.68. The van der Waals surface area contributed by atoms with Gasteiger partial charge in [-0.2, -0.15) is 0 Å². The summed E-state index contributed by atoms with van der Waals surface area (Å²) in [5.74, 6) is -8.82. The van der Waals surface area contributed by atoms with Crippen molar-refractivity contribution in [1.82, 2.24) is 0 Å². The minimum Gasteiger partial charge on any atom is -0.507 e. The second kappa shape index (κ2) is 8.33. The number of hydrogen-bond donors (Lipinski definition) is 6. The molecule has 1 aromatic carbocycles. The number of nitrogens with two attached hydrogens (primary N) is 1. The fraction of sp³-hybridized carbons (Fsp3) is 0.679. The Morgan fingerprint density at radius 3 is 2.11 bits per heavy atom. The van der Waals surface area contributed by atoms with Crippen molar-refractivity contribution in [3.05, 3.63) is 28.8 Å². The number of benzene rings is 1. The summed E-state index contributed by atoms with van der Waals surface area (Å²) in [7, 11) is 0. The van der Waals surface area contributed by atoms with E-state index in [0.717, 1.165) is 5.56 Å². The number of aliphatic hydroxyl groups excluding tert-OH is 3. The monoisotopic (exact) mass is 517 g/mol. The molecule has 3 aliphatic rings. The molecule has 3 aliphatic carbocycles. The van der Waals surface area contributed by atoms with E-state index in [1.165, 1.54) is 13.0 Å². The van der Waals surface area contributed by atoms with Crippen LogP contribution in [0.25, 0.3) is 0 Å². The highest BCUT2D eigenvalue weighted by Gasteiger charge is 2.80. The fourth-order valence-corrected chi connectivity index (χ4v) is 8.36. The predicted octanol–water partition coefficient (Wildman–Crippen LogP) is 1.23.